The van der Waals surface area contributed by atoms with Crippen LogP contribution in [0.15, 0.2) is 78.9 Å². The molecule has 0 saturated heterocycles. The van der Waals surface area contributed by atoms with Gasteiger partial charge in [0.1, 0.15) is 5.75 Å². The van der Waals surface area contributed by atoms with Gasteiger partial charge < -0.3 is 15.2 Å². The minimum absolute atomic E-state index is 0. The highest BCUT2D eigenvalue weighted by atomic mass is 35.5. The second-order valence-electron chi connectivity index (χ2n) is 9.23. The molecule has 0 bridgehead atoms. The van der Waals surface area contributed by atoms with Crippen LogP contribution in [-0.4, -0.2) is 30.8 Å². The van der Waals surface area contributed by atoms with Gasteiger partial charge in [-0.1, -0.05) is 66.7 Å². The van der Waals surface area contributed by atoms with Crippen LogP contribution in [0.3, 0.4) is 0 Å². The van der Waals surface area contributed by atoms with Crippen molar-refractivity contribution >= 4 is 29.1 Å². The number of nitrogens with one attached hydrogen (secondary N) is 1. The third-order valence-electron chi connectivity index (χ3n) is 6.58. The quantitative estimate of drug-likeness (QED) is 0.198. The van der Waals surface area contributed by atoms with Crippen LogP contribution in [0.5, 0.6) is 5.75 Å². The molecule has 0 atom stereocenters. The van der Waals surface area contributed by atoms with Crippen molar-refractivity contribution in [2.45, 2.75) is 39.5 Å². The Hall–Kier alpha value is -3.34. The van der Waals surface area contributed by atoms with Gasteiger partial charge in [-0.05, 0) is 102 Å². The molecule has 0 unspecified atom stereocenters. The minimum atomic E-state index is -0.762. The van der Waals surface area contributed by atoms with Crippen LogP contribution in [0.4, 0.5) is 0 Å². The van der Waals surface area contributed by atoms with E-state index in [0.29, 0.717) is 13.0 Å². The number of aliphatic carboxylic acids is 1. The molecule has 5 heteroatoms. The Morgan fingerprint density at radius 2 is 1.65 bits per heavy atom. The first-order chi connectivity index (χ1) is 17.5. The number of fused-ring (bicyclic) bond motifs is 1. The van der Waals surface area contributed by atoms with E-state index < -0.39 is 5.97 Å². The summed E-state index contributed by atoms with van der Waals surface area (Å²) in [4.78, 5) is 11.1. The zero-order chi connectivity index (χ0) is 25.3. The summed E-state index contributed by atoms with van der Waals surface area (Å²) < 4.78 is 5.61. The number of hydrogen-bond donors (Lipinski definition) is 2. The van der Waals surface area contributed by atoms with Crippen molar-refractivity contribution in [2.75, 3.05) is 19.7 Å². The van der Waals surface area contributed by atoms with Crippen molar-refractivity contribution in [3.05, 3.63) is 101 Å². The van der Waals surface area contributed by atoms with Crippen molar-refractivity contribution in [3.8, 4) is 16.9 Å². The number of carboxylic acids is 1. The number of benzene rings is 4. The molecule has 0 aliphatic carbocycles. The average Bonchev–Trinajstić information content (AvgIpc) is 2.88. The zero-order valence-electron chi connectivity index (χ0n) is 21.6. The molecule has 37 heavy (non-hydrogen) atoms. The molecule has 194 valence electrons. The van der Waals surface area contributed by atoms with Gasteiger partial charge in [0.25, 0.3) is 0 Å². The summed E-state index contributed by atoms with van der Waals surface area (Å²) in [5, 5.41) is 15.2. The number of halogens is 1. The van der Waals surface area contributed by atoms with E-state index in [1.807, 2.05) is 19.9 Å². The van der Waals surface area contributed by atoms with E-state index in [4.69, 9.17) is 9.84 Å². The summed E-state index contributed by atoms with van der Waals surface area (Å²) in [5.74, 6) is 0.169. The minimum Gasteiger partial charge on any atom is -0.494 e. The van der Waals surface area contributed by atoms with Gasteiger partial charge in [0, 0.05) is 6.42 Å². The molecule has 0 aliphatic rings. The third kappa shape index (κ3) is 7.82. The van der Waals surface area contributed by atoms with Gasteiger partial charge in [0.05, 0.1) is 6.61 Å². The maximum absolute atomic E-state index is 11.1. The summed E-state index contributed by atoms with van der Waals surface area (Å²) in [6.45, 7) is 6.56. The lowest BCUT2D eigenvalue weighted by molar-refractivity contribution is -0.136. The molecule has 4 aromatic carbocycles. The summed E-state index contributed by atoms with van der Waals surface area (Å²) in [6.07, 6.45) is 2.59. The molecular weight excluding hydrogens is 482 g/mol. The van der Waals surface area contributed by atoms with E-state index in [1.165, 1.54) is 27.5 Å². The van der Waals surface area contributed by atoms with E-state index in [2.05, 4.69) is 78.1 Å². The average molecular weight is 518 g/mol. The number of rotatable bonds is 12. The molecule has 0 radical (unpaired) electrons. The van der Waals surface area contributed by atoms with Crippen molar-refractivity contribution < 1.29 is 14.6 Å². The number of hydrogen-bond acceptors (Lipinski definition) is 3. The number of carboxylic acid groups (broad SMARTS) is 1. The number of aryl methyl sites for hydroxylation is 2. The molecule has 0 spiro atoms. The SMILES string of the molecule is CCOc1cccc(CCNCCc2cc(-c3ccc(C)c(CCC(=O)O)c3)c3ccccc3c2)c1.Cl. The third-order valence-corrected chi connectivity index (χ3v) is 6.58. The molecular formula is C32H36ClNO3. The molecule has 0 aromatic heterocycles. The van der Waals surface area contributed by atoms with Gasteiger partial charge in [0.15, 0.2) is 0 Å². The van der Waals surface area contributed by atoms with Gasteiger partial charge >= 0.3 is 5.97 Å². The highest BCUT2D eigenvalue weighted by Gasteiger charge is 2.10. The fraction of sp³-hybridized carbons (Fsp3) is 0.281. The van der Waals surface area contributed by atoms with Gasteiger partial charge in [-0.15, -0.1) is 12.4 Å². The van der Waals surface area contributed by atoms with E-state index in [9.17, 15) is 4.79 Å². The Kier molecular flexibility index (Phi) is 10.6. The maximum Gasteiger partial charge on any atom is 0.303 e. The summed E-state index contributed by atoms with van der Waals surface area (Å²) in [6, 6.07) is 27.8. The van der Waals surface area contributed by atoms with Crippen molar-refractivity contribution in [1.29, 1.82) is 0 Å². The van der Waals surface area contributed by atoms with Crippen LogP contribution in [-0.2, 0) is 24.1 Å². The Morgan fingerprint density at radius 3 is 2.43 bits per heavy atom. The standard InChI is InChI=1S/C32H35NO3.ClH/c1-3-36-29-9-6-7-24(20-29)15-17-33-18-16-25-19-27-8-4-5-10-30(27)31(21-25)28-12-11-23(2)26(22-28)13-14-32(34)35;/h4-12,19-22,33H,3,13-18H2,1-2H3,(H,34,35);1H. The second-order valence-corrected chi connectivity index (χ2v) is 9.23. The maximum atomic E-state index is 11.1. The molecule has 0 amide bonds. The number of ether oxygens (including phenoxy) is 1. The Balaban J connectivity index is 0.00000380. The summed E-state index contributed by atoms with van der Waals surface area (Å²) >= 11 is 0. The molecule has 0 saturated carbocycles. The number of carbonyl (C=O) groups is 1. The second kappa shape index (κ2) is 13.8. The predicted octanol–water partition coefficient (Wildman–Crippen LogP) is 7.03. The highest BCUT2D eigenvalue weighted by Crippen LogP contribution is 2.32. The Bertz CT molecular complexity index is 1330. The lowest BCUT2D eigenvalue weighted by Gasteiger charge is -2.14. The highest BCUT2D eigenvalue weighted by molar-refractivity contribution is 5.97. The van der Waals surface area contributed by atoms with Crippen LogP contribution >= 0.6 is 12.4 Å². The predicted molar refractivity (Wildman–Crippen MR) is 155 cm³/mol. The first-order valence-electron chi connectivity index (χ1n) is 12.8. The first-order valence-corrected chi connectivity index (χ1v) is 12.8. The lowest BCUT2D eigenvalue weighted by atomic mass is 9.92. The fourth-order valence-corrected chi connectivity index (χ4v) is 4.65. The topological polar surface area (TPSA) is 58.6 Å². The largest absolute Gasteiger partial charge is 0.494 e. The van der Waals surface area contributed by atoms with E-state index in [1.54, 1.807) is 0 Å². The van der Waals surface area contributed by atoms with Crippen LogP contribution in [0.25, 0.3) is 21.9 Å². The Labute approximate surface area is 226 Å². The molecule has 4 nitrogen and oxygen atoms in total. The van der Waals surface area contributed by atoms with Crippen LogP contribution < -0.4 is 10.1 Å². The summed E-state index contributed by atoms with van der Waals surface area (Å²) in [7, 11) is 0. The molecule has 0 heterocycles. The smallest absolute Gasteiger partial charge is 0.303 e. The van der Waals surface area contributed by atoms with Crippen LogP contribution in [0, 0.1) is 6.92 Å². The van der Waals surface area contributed by atoms with Gasteiger partial charge in [-0.2, -0.15) is 0 Å². The van der Waals surface area contributed by atoms with Crippen molar-refractivity contribution in [2.24, 2.45) is 0 Å². The van der Waals surface area contributed by atoms with Crippen LogP contribution in [0.2, 0.25) is 0 Å². The zero-order valence-corrected chi connectivity index (χ0v) is 22.4. The van der Waals surface area contributed by atoms with Crippen molar-refractivity contribution in [1.82, 2.24) is 5.32 Å². The Morgan fingerprint density at radius 1 is 0.865 bits per heavy atom. The normalized spacial score (nSPS) is 10.8. The molecule has 0 fully saturated rings. The van der Waals surface area contributed by atoms with E-state index in [0.717, 1.165) is 48.4 Å². The molecule has 4 aromatic rings. The van der Waals surface area contributed by atoms with Gasteiger partial charge in [-0.25, -0.2) is 0 Å². The lowest BCUT2D eigenvalue weighted by Crippen LogP contribution is -2.20. The first kappa shape index (κ1) is 28.2. The van der Waals surface area contributed by atoms with E-state index >= 15 is 0 Å². The van der Waals surface area contributed by atoms with Gasteiger partial charge in [-0.3, -0.25) is 4.79 Å². The fourth-order valence-electron chi connectivity index (χ4n) is 4.65. The van der Waals surface area contributed by atoms with Crippen molar-refractivity contribution in [3.63, 3.8) is 0 Å². The summed E-state index contributed by atoms with van der Waals surface area (Å²) in [5.41, 5.74) is 7.14. The monoisotopic (exact) mass is 517 g/mol. The molecule has 0 aliphatic heterocycles. The molecule has 2 N–H and O–H groups in total. The van der Waals surface area contributed by atoms with E-state index in [-0.39, 0.29) is 18.8 Å². The van der Waals surface area contributed by atoms with Crippen LogP contribution in [0.1, 0.15) is 35.6 Å². The van der Waals surface area contributed by atoms with Gasteiger partial charge in [0.2, 0.25) is 0 Å². The molecule has 4 rings (SSSR count).